The topological polar surface area (TPSA) is 52.7 Å². The summed E-state index contributed by atoms with van der Waals surface area (Å²) in [5, 5.41) is 3.78. The third-order valence-corrected chi connectivity index (χ3v) is 6.82. The molecule has 2 aliphatic rings. The molecule has 2 amide bonds. The average molecular weight is 454 g/mol. The molecule has 0 spiro atoms. The van der Waals surface area contributed by atoms with Crippen LogP contribution < -0.4 is 5.32 Å². The first-order chi connectivity index (χ1) is 15.6. The largest absolute Gasteiger partial charge is 0.354 e. The molecule has 2 heterocycles. The molecule has 1 saturated heterocycles. The Kier molecular flexibility index (Phi) is 7.48. The van der Waals surface area contributed by atoms with Crippen molar-refractivity contribution in [3.05, 3.63) is 70.2 Å². The number of fused-ring (bicyclic) bond motifs is 1. The first-order valence-corrected chi connectivity index (χ1v) is 12.1. The van der Waals surface area contributed by atoms with Gasteiger partial charge in [-0.25, -0.2) is 0 Å². The lowest BCUT2D eigenvalue weighted by Gasteiger charge is -2.42. The van der Waals surface area contributed by atoms with Gasteiger partial charge in [0.2, 0.25) is 5.91 Å². The highest BCUT2D eigenvalue weighted by molar-refractivity contribution is 6.30. The number of halogens is 1. The van der Waals surface area contributed by atoms with Gasteiger partial charge in [-0.15, -0.1) is 0 Å². The minimum absolute atomic E-state index is 0.0138. The van der Waals surface area contributed by atoms with E-state index in [9.17, 15) is 9.59 Å². The zero-order valence-electron chi connectivity index (χ0n) is 18.7. The Labute approximate surface area is 195 Å². The van der Waals surface area contributed by atoms with Gasteiger partial charge in [0, 0.05) is 30.2 Å². The summed E-state index contributed by atoms with van der Waals surface area (Å²) in [6.45, 7) is 6.40. The Morgan fingerprint density at radius 1 is 1.09 bits per heavy atom. The number of hydrogen-bond donors (Lipinski definition) is 1. The molecule has 2 aliphatic heterocycles. The first kappa shape index (κ1) is 22.8. The van der Waals surface area contributed by atoms with Crippen molar-refractivity contribution in [1.82, 2.24) is 15.1 Å². The Morgan fingerprint density at radius 3 is 2.62 bits per heavy atom. The zero-order chi connectivity index (χ0) is 22.5. The second kappa shape index (κ2) is 10.5. The molecule has 5 nitrogen and oxygen atoms in total. The second-order valence-electron chi connectivity index (χ2n) is 8.76. The Balaban J connectivity index is 1.68. The molecule has 0 bridgehead atoms. The lowest BCUT2D eigenvalue weighted by Crippen LogP contribution is -2.48. The highest BCUT2D eigenvalue weighted by Gasteiger charge is 2.43. The van der Waals surface area contributed by atoms with E-state index in [1.807, 2.05) is 53.4 Å². The molecule has 0 radical (unpaired) electrons. The molecule has 4 rings (SSSR count). The molecule has 2 unspecified atom stereocenters. The Hall–Kier alpha value is -2.37. The number of amides is 2. The number of unbranched alkanes of at least 4 members (excludes halogenated alkanes) is 1. The van der Waals surface area contributed by atoms with E-state index in [2.05, 4.69) is 17.1 Å². The lowest BCUT2D eigenvalue weighted by molar-refractivity contribution is -0.124. The molecule has 2 aromatic rings. The summed E-state index contributed by atoms with van der Waals surface area (Å²) < 4.78 is 0. The number of carbonyl (C=O) groups excluding carboxylic acids is 2. The van der Waals surface area contributed by atoms with Crippen molar-refractivity contribution in [2.75, 3.05) is 32.7 Å². The standard InChI is InChI=1S/C26H32ClN3O2/c1-2-3-16-30-24(19-9-8-10-20(27)18-19)23(21-11-4-5-12-22(21)26(30)32)25(31)28-13-17-29-14-6-7-15-29/h4-5,8-12,18,23-24H,2-3,6-7,13-17H2,1H3,(H,28,31). The lowest BCUT2D eigenvalue weighted by atomic mass is 9.79. The molecular formula is C26H32ClN3O2. The SMILES string of the molecule is CCCCN1C(=O)c2ccccc2C(C(=O)NCCN2CCCC2)C1c1cccc(Cl)c1. The van der Waals surface area contributed by atoms with Gasteiger partial charge >= 0.3 is 0 Å². The third kappa shape index (κ3) is 4.84. The van der Waals surface area contributed by atoms with Crippen LogP contribution in [0.5, 0.6) is 0 Å². The molecule has 1 fully saturated rings. The fraction of sp³-hybridized carbons (Fsp3) is 0.462. The Bertz CT molecular complexity index is 958. The van der Waals surface area contributed by atoms with E-state index in [1.54, 1.807) is 0 Å². The number of likely N-dealkylation sites (tertiary alicyclic amines) is 1. The van der Waals surface area contributed by atoms with E-state index in [0.29, 0.717) is 23.7 Å². The summed E-state index contributed by atoms with van der Waals surface area (Å²) in [5.41, 5.74) is 2.33. The maximum absolute atomic E-state index is 13.6. The number of rotatable bonds is 8. The van der Waals surface area contributed by atoms with Crippen LogP contribution in [0.25, 0.3) is 0 Å². The van der Waals surface area contributed by atoms with Gasteiger partial charge in [-0.05, 0) is 61.7 Å². The quantitative estimate of drug-likeness (QED) is 0.633. The van der Waals surface area contributed by atoms with Crippen LogP contribution in [0.3, 0.4) is 0 Å². The van der Waals surface area contributed by atoms with Crippen LogP contribution in [0, 0.1) is 0 Å². The van der Waals surface area contributed by atoms with Crippen molar-refractivity contribution in [2.24, 2.45) is 0 Å². The van der Waals surface area contributed by atoms with Gasteiger partial charge in [-0.3, -0.25) is 9.59 Å². The van der Waals surface area contributed by atoms with Crippen LogP contribution in [0.15, 0.2) is 48.5 Å². The highest BCUT2D eigenvalue weighted by Crippen LogP contribution is 2.43. The summed E-state index contributed by atoms with van der Waals surface area (Å²) in [7, 11) is 0. The van der Waals surface area contributed by atoms with Crippen molar-refractivity contribution in [3.8, 4) is 0 Å². The predicted octanol–water partition coefficient (Wildman–Crippen LogP) is 4.63. The minimum atomic E-state index is -0.474. The van der Waals surface area contributed by atoms with Crippen molar-refractivity contribution in [3.63, 3.8) is 0 Å². The monoisotopic (exact) mass is 453 g/mol. The molecule has 6 heteroatoms. The summed E-state index contributed by atoms with van der Waals surface area (Å²) in [6, 6.07) is 14.7. The number of hydrogen-bond acceptors (Lipinski definition) is 3. The van der Waals surface area contributed by atoms with Gasteiger partial charge in [0.15, 0.2) is 0 Å². The zero-order valence-corrected chi connectivity index (χ0v) is 19.5. The summed E-state index contributed by atoms with van der Waals surface area (Å²) in [4.78, 5) is 31.4. The van der Waals surface area contributed by atoms with E-state index < -0.39 is 5.92 Å². The Morgan fingerprint density at radius 2 is 1.88 bits per heavy atom. The van der Waals surface area contributed by atoms with E-state index >= 15 is 0 Å². The van der Waals surface area contributed by atoms with Crippen LogP contribution in [-0.4, -0.2) is 54.3 Å². The maximum Gasteiger partial charge on any atom is 0.254 e. The van der Waals surface area contributed by atoms with Crippen molar-refractivity contribution in [1.29, 1.82) is 0 Å². The van der Waals surface area contributed by atoms with Crippen LogP contribution in [0.4, 0.5) is 0 Å². The molecule has 2 atom stereocenters. The minimum Gasteiger partial charge on any atom is -0.354 e. The van der Waals surface area contributed by atoms with Crippen molar-refractivity contribution in [2.45, 2.75) is 44.6 Å². The molecule has 0 aliphatic carbocycles. The fourth-order valence-corrected chi connectivity index (χ4v) is 5.16. The molecule has 1 N–H and O–H groups in total. The van der Waals surface area contributed by atoms with Gasteiger partial charge in [-0.2, -0.15) is 0 Å². The van der Waals surface area contributed by atoms with Crippen LogP contribution in [0.2, 0.25) is 5.02 Å². The van der Waals surface area contributed by atoms with E-state index in [1.165, 1.54) is 12.8 Å². The number of carbonyl (C=O) groups is 2. The van der Waals surface area contributed by atoms with Gasteiger partial charge < -0.3 is 15.1 Å². The summed E-state index contributed by atoms with van der Waals surface area (Å²) in [5.74, 6) is -0.520. The smallest absolute Gasteiger partial charge is 0.254 e. The normalized spacial score (nSPS) is 20.9. The third-order valence-electron chi connectivity index (χ3n) is 6.59. The number of nitrogens with one attached hydrogen (secondary N) is 1. The van der Waals surface area contributed by atoms with E-state index in [0.717, 1.165) is 43.6 Å². The number of nitrogens with zero attached hydrogens (tertiary/aromatic N) is 2. The molecule has 0 aromatic heterocycles. The van der Waals surface area contributed by atoms with Gasteiger partial charge in [-0.1, -0.05) is 55.3 Å². The highest BCUT2D eigenvalue weighted by atomic mass is 35.5. The van der Waals surface area contributed by atoms with Crippen LogP contribution in [0.1, 0.15) is 66.1 Å². The fourth-order valence-electron chi connectivity index (χ4n) is 4.96. The molecular weight excluding hydrogens is 422 g/mol. The molecule has 2 aromatic carbocycles. The second-order valence-corrected chi connectivity index (χ2v) is 9.19. The van der Waals surface area contributed by atoms with Gasteiger partial charge in [0.05, 0.1) is 12.0 Å². The molecule has 0 saturated carbocycles. The van der Waals surface area contributed by atoms with E-state index in [-0.39, 0.29) is 17.9 Å². The maximum atomic E-state index is 13.6. The average Bonchev–Trinajstić information content (AvgIpc) is 3.32. The van der Waals surface area contributed by atoms with Gasteiger partial charge in [0.25, 0.3) is 5.91 Å². The van der Waals surface area contributed by atoms with Crippen LogP contribution in [-0.2, 0) is 4.79 Å². The molecule has 170 valence electrons. The first-order valence-electron chi connectivity index (χ1n) is 11.8. The summed E-state index contributed by atoms with van der Waals surface area (Å²) in [6.07, 6.45) is 4.32. The van der Waals surface area contributed by atoms with Gasteiger partial charge in [0.1, 0.15) is 0 Å². The number of benzene rings is 2. The van der Waals surface area contributed by atoms with Crippen molar-refractivity contribution >= 4 is 23.4 Å². The van der Waals surface area contributed by atoms with E-state index in [4.69, 9.17) is 11.6 Å². The van der Waals surface area contributed by atoms with Crippen LogP contribution >= 0.6 is 11.6 Å². The van der Waals surface area contributed by atoms with Crippen molar-refractivity contribution < 1.29 is 9.59 Å². The summed E-state index contributed by atoms with van der Waals surface area (Å²) >= 11 is 6.33. The predicted molar refractivity (Wildman–Crippen MR) is 128 cm³/mol. The molecule has 32 heavy (non-hydrogen) atoms.